The van der Waals surface area contributed by atoms with Crippen LogP contribution in [-0.2, 0) is 13.0 Å². The predicted molar refractivity (Wildman–Crippen MR) is 78.4 cm³/mol. The molecule has 1 saturated heterocycles. The first-order chi connectivity index (χ1) is 9.12. The van der Waals surface area contributed by atoms with E-state index in [0.717, 1.165) is 36.0 Å². The largest absolute Gasteiger partial charge is 0.392 e. The lowest BCUT2D eigenvalue weighted by Crippen LogP contribution is -2.28. The minimum Gasteiger partial charge on any atom is -0.392 e. The number of pyridine rings is 1. The van der Waals surface area contributed by atoms with Crippen molar-refractivity contribution >= 4 is 5.82 Å². The van der Waals surface area contributed by atoms with Crippen LogP contribution in [0.15, 0.2) is 12.1 Å². The summed E-state index contributed by atoms with van der Waals surface area (Å²) in [5.41, 5.74) is 2.01. The first kappa shape index (κ1) is 14.3. The van der Waals surface area contributed by atoms with Crippen LogP contribution >= 0.6 is 0 Å². The lowest BCUT2D eigenvalue weighted by atomic mass is 10.1. The van der Waals surface area contributed by atoms with Gasteiger partial charge in [-0.05, 0) is 50.0 Å². The van der Waals surface area contributed by atoms with E-state index >= 15 is 0 Å². The van der Waals surface area contributed by atoms with Gasteiger partial charge >= 0.3 is 0 Å². The maximum Gasteiger partial charge on any atom is 0.128 e. The van der Waals surface area contributed by atoms with Gasteiger partial charge in [0.1, 0.15) is 5.82 Å². The van der Waals surface area contributed by atoms with Gasteiger partial charge in [-0.3, -0.25) is 0 Å². The van der Waals surface area contributed by atoms with E-state index in [9.17, 15) is 5.11 Å². The molecule has 1 atom stereocenters. The van der Waals surface area contributed by atoms with Crippen LogP contribution in [0.5, 0.6) is 0 Å². The normalized spacial score (nSPS) is 19.9. The van der Waals surface area contributed by atoms with Gasteiger partial charge in [0.25, 0.3) is 0 Å². The molecule has 0 bridgehead atoms. The summed E-state index contributed by atoms with van der Waals surface area (Å²) in [5.74, 6) is 1.71. The fourth-order valence-electron chi connectivity index (χ4n) is 2.76. The Morgan fingerprint density at radius 1 is 1.47 bits per heavy atom. The van der Waals surface area contributed by atoms with Crippen LogP contribution < -0.4 is 4.90 Å². The highest BCUT2D eigenvalue weighted by Gasteiger charge is 2.21. The zero-order valence-corrected chi connectivity index (χ0v) is 12.3. The van der Waals surface area contributed by atoms with Crippen molar-refractivity contribution in [2.75, 3.05) is 38.6 Å². The molecular weight excluding hydrogens is 238 g/mol. The predicted octanol–water partition coefficient (Wildman–Crippen LogP) is 1.52. The lowest BCUT2D eigenvalue weighted by molar-refractivity contribution is 0.281. The summed E-state index contributed by atoms with van der Waals surface area (Å²) in [6.07, 6.45) is 2.17. The lowest BCUT2D eigenvalue weighted by Gasteiger charge is -2.23. The van der Waals surface area contributed by atoms with Crippen LogP contribution in [0, 0.1) is 5.92 Å². The summed E-state index contributed by atoms with van der Waals surface area (Å²) in [6.45, 7) is 5.59. The fourth-order valence-corrected chi connectivity index (χ4v) is 2.76. The highest BCUT2D eigenvalue weighted by Crippen LogP contribution is 2.20. The summed E-state index contributed by atoms with van der Waals surface area (Å²) in [7, 11) is 4.28. The van der Waals surface area contributed by atoms with Crippen LogP contribution in [0.1, 0.15) is 24.6 Å². The molecule has 0 aromatic carbocycles. The van der Waals surface area contributed by atoms with Crippen molar-refractivity contribution in [2.45, 2.75) is 26.4 Å². The summed E-state index contributed by atoms with van der Waals surface area (Å²) >= 11 is 0. The van der Waals surface area contributed by atoms with Gasteiger partial charge in [-0.15, -0.1) is 0 Å². The highest BCUT2D eigenvalue weighted by molar-refractivity contribution is 5.42. The summed E-state index contributed by atoms with van der Waals surface area (Å²) in [4.78, 5) is 9.27. The second-order valence-corrected chi connectivity index (χ2v) is 5.63. The Hall–Kier alpha value is -1.13. The summed E-state index contributed by atoms with van der Waals surface area (Å²) in [5, 5.41) is 9.33. The minimum atomic E-state index is 0.0858. The Morgan fingerprint density at radius 3 is 2.84 bits per heavy atom. The van der Waals surface area contributed by atoms with E-state index in [1.165, 1.54) is 19.5 Å². The molecule has 106 valence electrons. The molecule has 0 saturated carbocycles. The molecule has 0 amide bonds. The van der Waals surface area contributed by atoms with Crippen LogP contribution in [0.2, 0.25) is 0 Å². The molecule has 1 aromatic heterocycles. The van der Waals surface area contributed by atoms with Gasteiger partial charge in [-0.25, -0.2) is 4.98 Å². The van der Waals surface area contributed by atoms with E-state index in [4.69, 9.17) is 0 Å². The van der Waals surface area contributed by atoms with E-state index in [-0.39, 0.29) is 6.61 Å². The van der Waals surface area contributed by atoms with Gasteiger partial charge < -0.3 is 14.9 Å². The van der Waals surface area contributed by atoms with Crippen molar-refractivity contribution in [3.63, 3.8) is 0 Å². The number of aliphatic hydroxyl groups excluding tert-OH is 1. The number of aromatic nitrogens is 1. The van der Waals surface area contributed by atoms with Crippen molar-refractivity contribution in [3.05, 3.63) is 23.4 Å². The van der Waals surface area contributed by atoms with Crippen LogP contribution in [0.4, 0.5) is 5.82 Å². The molecule has 0 spiro atoms. The molecule has 4 heteroatoms. The average molecular weight is 263 g/mol. The Kier molecular flexibility index (Phi) is 4.77. The minimum absolute atomic E-state index is 0.0858. The van der Waals surface area contributed by atoms with Crippen molar-refractivity contribution in [2.24, 2.45) is 5.92 Å². The van der Waals surface area contributed by atoms with E-state index < -0.39 is 0 Å². The van der Waals surface area contributed by atoms with E-state index in [0.29, 0.717) is 0 Å². The van der Waals surface area contributed by atoms with Gasteiger partial charge in [0.15, 0.2) is 0 Å². The molecule has 2 heterocycles. The van der Waals surface area contributed by atoms with Crippen LogP contribution in [-0.4, -0.2) is 48.7 Å². The number of hydrogen-bond donors (Lipinski definition) is 1. The number of rotatable bonds is 5. The smallest absolute Gasteiger partial charge is 0.128 e. The van der Waals surface area contributed by atoms with Crippen LogP contribution in [0.25, 0.3) is 0 Å². The number of likely N-dealkylation sites (tertiary alicyclic amines) is 1. The molecule has 1 aromatic rings. The molecule has 1 fully saturated rings. The standard InChI is InChI=1S/C15H25N3O/c1-4-14-7-13(11-19)8-15(16-14)18(3)10-12-5-6-17(2)9-12/h7-8,12,19H,4-6,9-11H2,1-3H3. The molecule has 0 radical (unpaired) electrons. The maximum atomic E-state index is 9.33. The average Bonchev–Trinajstić information content (AvgIpc) is 2.83. The zero-order chi connectivity index (χ0) is 13.8. The maximum absolute atomic E-state index is 9.33. The number of aryl methyl sites for hydroxylation is 1. The number of aliphatic hydroxyl groups is 1. The quantitative estimate of drug-likeness (QED) is 0.874. The Morgan fingerprint density at radius 2 is 2.26 bits per heavy atom. The third-order valence-electron chi connectivity index (χ3n) is 3.88. The van der Waals surface area contributed by atoms with Crippen molar-refractivity contribution in [1.82, 2.24) is 9.88 Å². The number of anilines is 1. The molecule has 2 rings (SSSR count). The van der Waals surface area contributed by atoms with Crippen LogP contribution in [0.3, 0.4) is 0 Å². The Balaban J connectivity index is 2.07. The van der Waals surface area contributed by atoms with Gasteiger partial charge in [0.05, 0.1) is 6.61 Å². The first-order valence-corrected chi connectivity index (χ1v) is 7.12. The Labute approximate surface area is 116 Å². The van der Waals surface area contributed by atoms with E-state index in [2.05, 4.69) is 35.8 Å². The SMILES string of the molecule is CCc1cc(CO)cc(N(C)CC2CCN(C)C2)n1. The van der Waals surface area contributed by atoms with Gasteiger partial charge in [-0.2, -0.15) is 0 Å². The molecule has 19 heavy (non-hydrogen) atoms. The van der Waals surface area contributed by atoms with E-state index in [1.54, 1.807) is 0 Å². The molecule has 0 aliphatic carbocycles. The summed E-state index contributed by atoms with van der Waals surface area (Å²) in [6, 6.07) is 3.98. The zero-order valence-electron chi connectivity index (χ0n) is 12.3. The third kappa shape index (κ3) is 3.67. The first-order valence-electron chi connectivity index (χ1n) is 7.12. The number of nitrogens with zero attached hydrogens (tertiary/aromatic N) is 3. The van der Waals surface area contributed by atoms with Crippen molar-refractivity contribution in [3.8, 4) is 0 Å². The van der Waals surface area contributed by atoms with E-state index in [1.807, 2.05) is 12.1 Å². The van der Waals surface area contributed by atoms with Gasteiger partial charge in [0, 0.05) is 25.8 Å². The molecular formula is C15H25N3O. The monoisotopic (exact) mass is 263 g/mol. The van der Waals surface area contributed by atoms with Gasteiger partial charge in [0.2, 0.25) is 0 Å². The van der Waals surface area contributed by atoms with Crippen molar-refractivity contribution < 1.29 is 5.11 Å². The van der Waals surface area contributed by atoms with Gasteiger partial charge in [-0.1, -0.05) is 6.92 Å². The molecule has 1 unspecified atom stereocenters. The number of hydrogen-bond acceptors (Lipinski definition) is 4. The molecule has 4 nitrogen and oxygen atoms in total. The molecule has 1 aliphatic heterocycles. The third-order valence-corrected chi connectivity index (χ3v) is 3.88. The highest BCUT2D eigenvalue weighted by atomic mass is 16.3. The summed E-state index contributed by atoms with van der Waals surface area (Å²) < 4.78 is 0. The Bertz CT molecular complexity index is 400. The van der Waals surface area contributed by atoms with Crippen molar-refractivity contribution in [1.29, 1.82) is 0 Å². The fraction of sp³-hybridized carbons (Fsp3) is 0.667. The topological polar surface area (TPSA) is 39.6 Å². The second kappa shape index (κ2) is 6.35. The second-order valence-electron chi connectivity index (χ2n) is 5.63. The molecule has 1 N–H and O–H groups in total. The molecule has 1 aliphatic rings.